The molecule has 0 bridgehead atoms. The fourth-order valence-corrected chi connectivity index (χ4v) is 1.20. The van der Waals surface area contributed by atoms with Gasteiger partial charge < -0.3 is 20.9 Å². The second-order valence-corrected chi connectivity index (χ2v) is 3.81. The van der Waals surface area contributed by atoms with Gasteiger partial charge >= 0.3 is 5.97 Å². The van der Waals surface area contributed by atoms with E-state index in [0.29, 0.717) is 11.3 Å². The van der Waals surface area contributed by atoms with Crippen LogP contribution in [0.1, 0.15) is 17.3 Å². The number of carboxylic acid groups (broad SMARTS) is 1. The maximum absolute atomic E-state index is 11.6. The highest BCUT2D eigenvalue weighted by Crippen LogP contribution is 2.12. The van der Waals surface area contributed by atoms with Crippen LogP contribution in [0, 0.1) is 0 Å². The monoisotopic (exact) mass is 266 g/mol. The molecule has 0 heterocycles. The minimum atomic E-state index is -1.12. The van der Waals surface area contributed by atoms with E-state index in [1.165, 1.54) is 31.2 Å². The summed E-state index contributed by atoms with van der Waals surface area (Å²) in [5.74, 6) is -1.83. The Kier molecular flexibility index (Phi) is 4.87. The zero-order valence-corrected chi connectivity index (χ0v) is 10.3. The summed E-state index contributed by atoms with van der Waals surface area (Å²) in [6, 6.07) is 4.92. The molecule has 0 aromatic heterocycles. The van der Waals surface area contributed by atoms with E-state index < -0.39 is 23.8 Å². The molecular formula is C12H14N2O5. The predicted octanol–water partition coefficient (Wildman–Crippen LogP) is -0.246. The highest BCUT2D eigenvalue weighted by molar-refractivity contribution is 5.96. The number of aliphatic carboxylic acids is 1. The molecule has 0 spiro atoms. The van der Waals surface area contributed by atoms with Crippen molar-refractivity contribution >= 4 is 17.8 Å². The molecule has 1 rings (SSSR count). The molecule has 7 heteroatoms. The number of ether oxygens (including phenoxy) is 1. The number of nitrogens with one attached hydrogen (secondary N) is 1. The lowest BCUT2D eigenvalue weighted by atomic mass is 10.2. The van der Waals surface area contributed by atoms with Crippen molar-refractivity contribution in [3.8, 4) is 5.75 Å². The van der Waals surface area contributed by atoms with Crippen LogP contribution in [0.4, 0.5) is 0 Å². The molecule has 0 aliphatic heterocycles. The van der Waals surface area contributed by atoms with Gasteiger partial charge in [0.1, 0.15) is 11.8 Å². The lowest BCUT2D eigenvalue weighted by Gasteiger charge is -2.09. The topological polar surface area (TPSA) is 119 Å². The van der Waals surface area contributed by atoms with Crippen molar-refractivity contribution in [3.63, 3.8) is 0 Å². The molecule has 0 aliphatic carbocycles. The average Bonchev–Trinajstić information content (AvgIpc) is 2.36. The Bertz CT molecular complexity index is 483. The molecule has 102 valence electrons. The van der Waals surface area contributed by atoms with E-state index in [-0.39, 0.29) is 6.61 Å². The smallest absolute Gasteiger partial charge is 0.325 e. The molecule has 2 amide bonds. The molecule has 19 heavy (non-hydrogen) atoms. The van der Waals surface area contributed by atoms with Gasteiger partial charge in [0.25, 0.3) is 11.8 Å². The van der Waals surface area contributed by atoms with E-state index in [0.717, 1.165) is 0 Å². The molecule has 0 unspecified atom stereocenters. The van der Waals surface area contributed by atoms with Crippen molar-refractivity contribution in [2.24, 2.45) is 5.73 Å². The van der Waals surface area contributed by atoms with Crippen LogP contribution >= 0.6 is 0 Å². The number of carbonyl (C=O) groups excluding carboxylic acids is 2. The Morgan fingerprint density at radius 2 is 1.89 bits per heavy atom. The molecule has 4 N–H and O–H groups in total. The first-order chi connectivity index (χ1) is 8.90. The first-order valence-electron chi connectivity index (χ1n) is 5.45. The lowest BCUT2D eigenvalue weighted by Crippen LogP contribution is -2.38. The highest BCUT2D eigenvalue weighted by Gasteiger charge is 2.15. The summed E-state index contributed by atoms with van der Waals surface area (Å²) < 4.78 is 5.02. The summed E-state index contributed by atoms with van der Waals surface area (Å²) in [5.41, 5.74) is 5.21. The predicted molar refractivity (Wildman–Crippen MR) is 65.7 cm³/mol. The molecule has 0 radical (unpaired) electrons. The number of carbonyl (C=O) groups is 3. The molecule has 1 atom stereocenters. The number of amides is 2. The Balaban J connectivity index is 2.62. The number of benzene rings is 1. The van der Waals surface area contributed by atoms with Crippen molar-refractivity contribution in [1.82, 2.24) is 5.32 Å². The molecule has 7 nitrogen and oxygen atoms in total. The van der Waals surface area contributed by atoms with Gasteiger partial charge in [0, 0.05) is 5.56 Å². The van der Waals surface area contributed by atoms with Crippen LogP contribution < -0.4 is 15.8 Å². The van der Waals surface area contributed by atoms with Gasteiger partial charge in [-0.25, -0.2) is 0 Å². The van der Waals surface area contributed by atoms with Gasteiger partial charge in [-0.3, -0.25) is 14.4 Å². The third-order valence-electron chi connectivity index (χ3n) is 2.22. The standard InChI is InChI=1S/C12H14N2O5/c1-7(12(17)18)14-11(16)8-2-4-9(5-3-8)19-6-10(13)15/h2-5,7H,6H2,1H3,(H2,13,15)(H,14,16)(H,17,18)/t7-/m1/s1. The first-order valence-corrected chi connectivity index (χ1v) is 5.45. The first kappa shape index (κ1) is 14.5. The highest BCUT2D eigenvalue weighted by atomic mass is 16.5. The second-order valence-electron chi connectivity index (χ2n) is 3.81. The Morgan fingerprint density at radius 1 is 1.32 bits per heavy atom. The quantitative estimate of drug-likeness (QED) is 0.656. The Labute approximate surface area is 109 Å². The van der Waals surface area contributed by atoms with Crippen LogP contribution in [0.25, 0.3) is 0 Å². The van der Waals surface area contributed by atoms with E-state index in [1.54, 1.807) is 0 Å². The fraction of sp³-hybridized carbons (Fsp3) is 0.250. The van der Waals surface area contributed by atoms with Gasteiger partial charge in [-0.15, -0.1) is 0 Å². The number of carboxylic acids is 1. The van der Waals surface area contributed by atoms with E-state index in [9.17, 15) is 14.4 Å². The minimum absolute atomic E-state index is 0.248. The summed E-state index contributed by atoms with van der Waals surface area (Å²) >= 11 is 0. The van der Waals surface area contributed by atoms with Crippen LogP contribution in [0.15, 0.2) is 24.3 Å². The Morgan fingerprint density at radius 3 is 2.37 bits per heavy atom. The van der Waals surface area contributed by atoms with Crippen molar-refractivity contribution in [2.75, 3.05) is 6.61 Å². The van der Waals surface area contributed by atoms with Gasteiger partial charge in [-0.2, -0.15) is 0 Å². The summed E-state index contributed by atoms with van der Waals surface area (Å²) in [4.78, 5) is 32.7. The van der Waals surface area contributed by atoms with Gasteiger partial charge in [-0.1, -0.05) is 0 Å². The number of nitrogens with two attached hydrogens (primary N) is 1. The van der Waals surface area contributed by atoms with Crippen molar-refractivity contribution in [1.29, 1.82) is 0 Å². The summed E-state index contributed by atoms with van der Waals surface area (Å²) in [6.07, 6.45) is 0. The summed E-state index contributed by atoms with van der Waals surface area (Å²) in [5, 5.41) is 11.0. The van der Waals surface area contributed by atoms with Crippen molar-refractivity contribution < 1.29 is 24.2 Å². The summed E-state index contributed by atoms with van der Waals surface area (Å²) in [7, 11) is 0. The zero-order valence-electron chi connectivity index (χ0n) is 10.3. The van der Waals surface area contributed by atoms with Crippen LogP contribution in [0.3, 0.4) is 0 Å². The van der Waals surface area contributed by atoms with Crippen LogP contribution in [-0.2, 0) is 9.59 Å². The van der Waals surface area contributed by atoms with Crippen LogP contribution in [-0.4, -0.2) is 35.5 Å². The van der Waals surface area contributed by atoms with Crippen molar-refractivity contribution in [3.05, 3.63) is 29.8 Å². The van der Waals surface area contributed by atoms with E-state index in [1.807, 2.05) is 0 Å². The van der Waals surface area contributed by atoms with Crippen LogP contribution in [0.2, 0.25) is 0 Å². The third-order valence-corrected chi connectivity index (χ3v) is 2.22. The van der Waals surface area contributed by atoms with Gasteiger partial charge in [-0.05, 0) is 31.2 Å². The number of primary amides is 1. The molecule has 1 aromatic rings. The number of rotatable bonds is 6. The average molecular weight is 266 g/mol. The Hall–Kier alpha value is -2.57. The molecule has 0 saturated carbocycles. The number of hydrogen-bond acceptors (Lipinski definition) is 4. The SMILES string of the molecule is C[C@@H](NC(=O)c1ccc(OCC(N)=O)cc1)C(=O)O. The molecule has 0 aliphatic rings. The van der Waals surface area contributed by atoms with Gasteiger partial charge in [0.05, 0.1) is 0 Å². The van der Waals surface area contributed by atoms with Crippen molar-refractivity contribution in [2.45, 2.75) is 13.0 Å². The molecular weight excluding hydrogens is 252 g/mol. The van der Waals surface area contributed by atoms with Gasteiger partial charge in [0.15, 0.2) is 6.61 Å². The third kappa shape index (κ3) is 4.66. The van der Waals surface area contributed by atoms with E-state index in [4.69, 9.17) is 15.6 Å². The molecule has 0 fully saturated rings. The lowest BCUT2D eigenvalue weighted by molar-refractivity contribution is -0.138. The minimum Gasteiger partial charge on any atom is -0.484 e. The molecule has 0 saturated heterocycles. The normalized spacial score (nSPS) is 11.4. The van der Waals surface area contributed by atoms with E-state index in [2.05, 4.69) is 5.32 Å². The van der Waals surface area contributed by atoms with Crippen LogP contribution in [0.5, 0.6) is 5.75 Å². The van der Waals surface area contributed by atoms with E-state index >= 15 is 0 Å². The zero-order chi connectivity index (χ0) is 14.4. The number of hydrogen-bond donors (Lipinski definition) is 3. The fourth-order valence-electron chi connectivity index (χ4n) is 1.20. The molecule has 1 aromatic carbocycles. The largest absolute Gasteiger partial charge is 0.484 e. The summed E-state index contributed by atoms with van der Waals surface area (Å²) in [6.45, 7) is 1.12. The van der Waals surface area contributed by atoms with Gasteiger partial charge in [0.2, 0.25) is 0 Å². The maximum Gasteiger partial charge on any atom is 0.325 e. The second kappa shape index (κ2) is 6.39. The maximum atomic E-state index is 11.6.